The Bertz CT molecular complexity index is 328. The monoisotopic (exact) mass is 277 g/mol. The highest BCUT2D eigenvalue weighted by Gasteiger charge is 2.27. The van der Waals surface area contributed by atoms with Crippen molar-refractivity contribution >= 4 is 26.7 Å². The lowest BCUT2D eigenvalue weighted by molar-refractivity contribution is 0.478. The van der Waals surface area contributed by atoms with Crippen LogP contribution in [0, 0.1) is 0 Å². The van der Waals surface area contributed by atoms with E-state index in [0.717, 1.165) is 16.5 Å². The van der Waals surface area contributed by atoms with Crippen molar-refractivity contribution in [2.24, 2.45) is 0 Å². The van der Waals surface area contributed by atoms with E-state index in [-0.39, 0.29) is 6.04 Å². The number of nitrogens with one attached hydrogen (secondary N) is 1. The van der Waals surface area contributed by atoms with Gasteiger partial charge in [-0.1, -0.05) is 28.1 Å². The van der Waals surface area contributed by atoms with Crippen LogP contribution in [0.1, 0.15) is 18.0 Å². The highest BCUT2D eigenvalue weighted by molar-refractivity contribution is 9.10. The van der Waals surface area contributed by atoms with Gasteiger partial charge in [-0.05, 0) is 24.1 Å². The molecule has 1 aliphatic heterocycles. The number of halogens is 1. The molecule has 1 aliphatic rings. The molecule has 0 radical (unpaired) electrons. The third kappa shape index (κ3) is 2.29. The molecule has 1 unspecified atom stereocenters. The average molecular weight is 278 g/mol. The third-order valence-electron chi connectivity index (χ3n) is 2.29. The van der Waals surface area contributed by atoms with E-state index in [1.807, 2.05) is 24.3 Å². The molecule has 0 amide bonds. The first-order valence-electron chi connectivity index (χ1n) is 4.35. The molecule has 0 aliphatic carbocycles. The molecule has 78 valence electrons. The molecule has 1 heterocycles. The first-order valence-corrected chi connectivity index (χ1v) is 6.86. The molecule has 0 spiro atoms. The summed E-state index contributed by atoms with van der Waals surface area (Å²) in [4.78, 5) is 0. The largest absolute Gasteiger partial charge is 0.286 e. The molecular formula is C9H12BrNO2S. The van der Waals surface area contributed by atoms with Crippen LogP contribution < -0.4 is 4.72 Å². The van der Waals surface area contributed by atoms with Crippen LogP contribution in [0.5, 0.6) is 0 Å². The zero-order valence-corrected chi connectivity index (χ0v) is 9.88. The Morgan fingerprint density at radius 1 is 1.29 bits per heavy atom. The highest BCUT2D eigenvalue weighted by Crippen LogP contribution is 2.46. The van der Waals surface area contributed by atoms with E-state index < -0.39 is 10.8 Å². The van der Waals surface area contributed by atoms with Gasteiger partial charge in [0.15, 0.2) is 0 Å². The molecule has 3 N–H and O–H groups in total. The van der Waals surface area contributed by atoms with Gasteiger partial charge in [0.1, 0.15) is 0 Å². The lowest BCUT2D eigenvalue weighted by Gasteiger charge is -2.27. The second-order valence-corrected chi connectivity index (χ2v) is 6.27. The Morgan fingerprint density at radius 3 is 2.43 bits per heavy atom. The number of benzene rings is 1. The molecule has 1 fully saturated rings. The van der Waals surface area contributed by atoms with E-state index in [4.69, 9.17) is 0 Å². The molecule has 1 saturated heterocycles. The summed E-state index contributed by atoms with van der Waals surface area (Å²) in [5.41, 5.74) is 1.10. The molecule has 2 rings (SSSR count). The van der Waals surface area contributed by atoms with Gasteiger partial charge in [0.2, 0.25) is 0 Å². The number of hydrogen-bond donors (Lipinski definition) is 3. The van der Waals surface area contributed by atoms with Crippen molar-refractivity contribution in [2.75, 3.05) is 5.75 Å². The van der Waals surface area contributed by atoms with E-state index in [1.165, 1.54) is 0 Å². The standard InChI is InChI=1S/C9H12BrNO2S/c10-8-3-1-7(2-4-8)9-5-6-14(12,13)11-9/h1-4,9,11-13H,5-6H2. The zero-order valence-electron chi connectivity index (χ0n) is 7.48. The molecule has 1 atom stereocenters. The molecule has 1 aromatic rings. The second kappa shape index (κ2) is 3.83. The maximum Gasteiger partial charge on any atom is 0.0547 e. The molecule has 0 aromatic heterocycles. The van der Waals surface area contributed by atoms with E-state index >= 15 is 0 Å². The maximum absolute atomic E-state index is 9.40. The molecule has 0 bridgehead atoms. The summed E-state index contributed by atoms with van der Waals surface area (Å²) in [5.74, 6) is 0.452. The van der Waals surface area contributed by atoms with Crippen molar-refractivity contribution < 1.29 is 9.11 Å². The van der Waals surface area contributed by atoms with Gasteiger partial charge in [-0.2, -0.15) is 0 Å². The maximum atomic E-state index is 9.40. The Kier molecular flexibility index (Phi) is 2.86. The van der Waals surface area contributed by atoms with Crippen LogP contribution in [0.4, 0.5) is 0 Å². The molecule has 5 heteroatoms. The summed E-state index contributed by atoms with van der Waals surface area (Å²) in [6, 6.07) is 7.97. The van der Waals surface area contributed by atoms with Crippen LogP contribution in [0.15, 0.2) is 28.7 Å². The minimum atomic E-state index is -2.52. The third-order valence-corrected chi connectivity index (χ3v) is 4.29. The highest BCUT2D eigenvalue weighted by atomic mass is 79.9. The van der Waals surface area contributed by atoms with Gasteiger partial charge in [-0.15, -0.1) is 10.8 Å². The molecule has 0 saturated carbocycles. The van der Waals surface area contributed by atoms with E-state index in [9.17, 15) is 9.11 Å². The fourth-order valence-electron chi connectivity index (χ4n) is 1.56. The molecule has 14 heavy (non-hydrogen) atoms. The Hall–Kier alpha value is -0.0700. The summed E-state index contributed by atoms with van der Waals surface area (Å²) in [7, 11) is -2.52. The normalized spacial score (nSPS) is 27.5. The van der Waals surface area contributed by atoms with Gasteiger partial charge in [-0.25, -0.2) is 4.72 Å². The smallest absolute Gasteiger partial charge is 0.0547 e. The minimum Gasteiger partial charge on any atom is -0.286 e. The topological polar surface area (TPSA) is 52.5 Å². The summed E-state index contributed by atoms with van der Waals surface area (Å²) in [5, 5.41) is 0. The van der Waals surface area contributed by atoms with Gasteiger partial charge in [0.05, 0.1) is 11.8 Å². The van der Waals surface area contributed by atoms with Crippen LogP contribution in [-0.4, -0.2) is 14.9 Å². The van der Waals surface area contributed by atoms with Crippen LogP contribution >= 0.6 is 26.7 Å². The van der Waals surface area contributed by atoms with Crippen molar-refractivity contribution in [3.05, 3.63) is 34.3 Å². The van der Waals surface area contributed by atoms with Crippen molar-refractivity contribution in [3.63, 3.8) is 0 Å². The van der Waals surface area contributed by atoms with Gasteiger partial charge >= 0.3 is 0 Å². The first-order chi connectivity index (χ1) is 6.57. The van der Waals surface area contributed by atoms with Gasteiger partial charge in [0, 0.05) is 4.47 Å². The lowest BCUT2D eigenvalue weighted by Crippen LogP contribution is -2.16. The number of hydrogen-bond acceptors (Lipinski definition) is 3. The SMILES string of the molecule is OS1(O)CCC(c2ccc(Br)cc2)N1. The second-order valence-electron chi connectivity index (χ2n) is 3.38. The Morgan fingerprint density at radius 2 is 1.93 bits per heavy atom. The van der Waals surface area contributed by atoms with Crippen LogP contribution in [0.25, 0.3) is 0 Å². The summed E-state index contributed by atoms with van der Waals surface area (Å²) in [6.45, 7) is 0. The molecular weight excluding hydrogens is 266 g/mol. The summed E-state index contributed by atoms with van der Waals surface area (Å²) >= 11 is 3.36. The van der Waals surface area contributed by atoms with E-state index in [0.29, 0.717) is 5.75 Å². The summed E-state index contributed by atoms with van der Waals surface area (Å²) in [6.07, 6.45) is 0.782. The predicted octanol–water partition coefficient (Wildman–Crippen LogP) is 3.15. The quantitative estimate of drug-likeness (QED) is 0.739. The van der Waals surface area contributed by atoms with Crippen molar-refractivity contribution in [3.8, 4) is 0 Å². The average Bonchev–Trinajstić information content (AvgIpc) is 2.47. The van der Waals surface area contributed by atoms with Crippen molar-refractivity contribution in [2.45, 2.75) is 12.5 Å². The van der Waals surface area contributed by atoms with Crippen molar-refractivity contribution in [1.29, 1.82) is 0 Å². The Labute approximate surface area is 93.1 Å². The van der Waals surface area contributed by atoms with Gasteiger partial charge < -0.3 is 0 Å². The lowest BCUT2D eigenvalue weighted by atomic mass is 10.1. The van der Waals surface area contributed by atoms with Crippen LogP contribution in [0.2, 0.25) is 0 Å². The van der Waals surface area contributed by atoms with Crippen LogP contribution in [-0.2, 0) is 0 Å². The molecule has 1 aromatic carbocycles. The fourth-order valence-corrected chi connectivity index (χ4v) is 3.21. The predicted molar refractivity (Wildman–Crippen MR) is 62.4 cm³/mol. The zero-order chi connectivity index (χ0) is 10.2. The van der Waals surface area contributed by atoms with Crippen LogP contribution in [0.3, 0.4) is 0 Å². The first kappa shape index (κ1) is 10.4. The number of rotatable bonds is 1. The van der Waals surface area contributed by atoms with Crippen molar-refractivity contribution in [1.82, 2.24) is 4.72 Å². The van der Waals surface area contributed by atoms with Gasteiger partial charge in [-0.3, -0.25) is 9.11 Å². The van der Waals surface area contributed by atoms with E-state index in [1.54, 1.807) is 0 Å². The van der Waals surface area contributed by atoms with Gasteiger partial charge in [0.25, 0.3) is 0 Å². The van der Waals surface area contributed by atoms with E-state index in [2.05, 4.69) is 20.7 Å². The molecule has 3 nitrogen and oxygen atoms in total. The fraction of sp³-hybridized carbons (Fsp3) is 0.333. The Balaban J connectivity index is 2.14. The minimum absolute atomic E-state index is 0.0769. The summed E-state index contributed by atoms with van der Waals surface area (Å²) < 4.78 is 22.7.